The summed E-state index contributed by atoms with van der Waals surface area (Å²) >= 11 is 1.67. The summed E-state index contributed by atoms with van der Waals surface area (Å²) in [5.41, 5.74) is 2.32. The Balaban J connectivity index is 1.80. The number of carboxylic acid groups (broad SMARTS) is 1. The van der Waals surface area contributed by atoms with Gasteiger partial charge in [-0.2, -0.15) is 0 Å². The summed E-state index contributed by atoms with van der Waals surface area (Å²) in [5.74, 6) is 0.235. The fourth-order valence-electron chi connectivity index (χ4n) is 2.47. The minimum Gasteiger partial charge on any atom is -0.503 e. The van der Waals surface area contributed by atoms with E-state index in [1.54, 1.807) is 23.9 Å². The number of aliphatic carboxylic acids is 1. The summed E-state index contributed by atoms with van der Waals surface area (Å²) in [6, 6.07) is 15.1. The standard InChI is InChI=1S/C19H17NO4S/c1-23-11-15(19(21)22)14-7-3-2-6-13(14)10-24-18-12-25-17-9-5-4-8-16(17)20-18/h2-9,11H,10,12H2,1H3,(H,21,22)/b15-11+. The van der Waals surface area contributed by atoms with Crippen LogP contribution in [0.3, 0.4) is 0 Å². The number of rotatable bonds is 5. The van der Waals surface area contributed by atoms with Gasteiger partial charge >= 0.3 is 5.97 Å². The average molecular weight is 355 g/mol. The van der Waals surface area contributed by atoms with E-state index in [0.717, 1.165) is 16.1 Å². The first kappa shape index (κ1) is 17.1. The first-order valence-corrected chi connectivity index (χ1v) is 8.64. The van der Waals surface area contributed by atoms with E-state index < -0.39 is 5.97 Å². The lowest BCUT2D eigenvalue weighted by Gasteiger charge is -2.16. The van der Waals surface area contributed by atoms with Crippen molar-refractivity contribution in [1.82, 2.24) is 0 Å². The maximum Gasteiger partial charge on any atom is 0.339 e. The lowest BCUT2D eigenvalue weighted by atomic mass is 10.0. The Morgan fingerprint density at radius 1 is 1.24 bits per heavy atom. The van der Waals surface area contributed by atoms with Gasteiger partial charge in [0.25, 0.3) is 0 Å². The van der Waals surface area contributed by atoms with Crippen LogP contribution in [0.1, 0.15) is 11.1 Å². The molecule has 25 heavy (non-hydrogen) atoms. The molecule has 1 aliphatic heterocycles. The highest BCUT2D eigenvalue weighted by Gasteiger charge is 2.17. The van der Waals surface area contributed by atoms with Crippen molar-refractivity contribution in [2.45, 2.75) is 11.5 Å². The minimum atomic E-state index is -1.05. The molecular formula is C19H17NO4S. The fourth-order valence-corrected chi connectivity index (χ4v) is 3.33. The Bertz CT molecular complexity index is 845. The van der Waals surface area contributed by atoms with E-state index >= 15 is 0 Å². The molecule has 0 fully saturated rings. The maximum absolute atomic E-state index is 11.5. The van der Waals surface area contributed by atoms with Gasteiger partial charge in [-0.15, -0.1) is 11.8 Å². The number of benzene rings is 2. The molecule has 3 rings (SSSR count). The number of nitrogens with zero attached hydrogens (tertiary/aromatic N) is 1. The molecule has 0 unspecified atom stereocenters. The predicted octanol–water partition coefficient (Wildman–Crippen LogP) is 4.11. The van der Waals surface area contributed by atoms with Crippen LogP contribution in [0.5, 0.6) is 0 Å². The van der Waals surface area contributed by atoms with E-state index in [4.69, 9.17) is 9.47 Å². The quantitative estimate of drug-likeness (QED) is 0.646. The van der Waals surface area contributed by atoms with Crippen molar-refractivity contribution < 1.29 is 19.4 Å². The lowest BCUT2D eigenvalue weighted by Crippen LogP contribution is -2.12. The molecule has 0 radical (unpaired) electrons. The Labute approximate surface area is 150 Å². The summed E-state index contributed by atoms with van der Waals surface area (Å²) < 4.78 is 10.7. The lowest BCUT2D eigenvalue weighted by molar-refractivity contribution is -0.130. The molecule has 1 N–H and O–H groups in total. The van der Waals surface area contributed by atoms with E-state index in [9.17, 15) is 9.90 Å². The normalized spacial score (nSPS) is 13.6. The van der Waals surface area contributed by atoms with Crippen LogP contribution in [0, 0.1) is 0 Å². The third kappa shape index (κ3) is 4.03. The number of ether oxygens (including phenoxy) is 2. The van der Waals surface area contributed by atoms with Crippen LogP contribution in [0.2, 0.25) is 0 Å². The van der Waals surface area contributed by atoms with Crippen LogP contribution in [0.15, 0.2) is 64.7 Å². The molecule has 128 valence electrons. The van der Waals surface area contributed by atoms with Crippen molar-refractivity contribution >= 4 is 34.9 Å². The van der Waals surface area contributed by atoms with Crippen LogP contribution in [0.25, 0.3) is 5.57 Å². The molecule has 0 aliphatic carbocycles. The van der Waals surface area contributed by atoms with Crippen molar-refractivity contribution in [3.63, 3.8) is 0 Å². The summed E-state index contributed by atoms with van der Waals surface area (Å²) in [6.45, 7) is 0.242. The van der Waals surface area contributed by atoms with Gasteiger partial charge in [-0.25, -0.2) is 9.79 Å². The molecule has 1 heterocycles. The smallest absolute Gasteiger partial charge is 0.339 e. The van der Waals surface area contributed by atoms with Gasteiger partial charge in [0, 0.05) is 4.90 Å². The van der Waals surface area contributed by atoms with Crippen LogP contribution in [-0.4, -0.2) is 29.8 Å². The summed E-state index contributed by atoms with van der Waals surface area (Å²) in [5, 5.41) is 9.39. The Hall–Kier alpha value is -2.73. The summed E-state index contributed by atoms with van der Waals surface area (Å²) in [4.78, 5) is 17.1. The van der Waals surface area contributed by atoms with Crippen molar-refractivity contribution in [2.75, 3.05) is 12.9 Å². The topological polar surface area (TPSA) is 68.1 Å². The molecule has 0 bridgehead atoms. The van der Waals surface area contributed by atoms with Gasteiger partial charge in [0.05, 0.1) is 24.8 Å². The minimum absolute atomic E-state index is 0.0898. The number of thioether (sulfide) groups is 1. The third-order valence-electron chi connectivity index (χ3n) is 3.63. The second-order valence-corrected chi connectivity index (χ2v) is 6.30. The van der Waals surface area contributed by atoms with Gasteiger partial charge in [-0.1, -0.05) is 36.4 Å². The molecular weight excluding hydrogens is 338 g/mol. The van der Waals surface area contributed by atoms with Crippen molar-refractivity contribution in [3.05, 3.63) is 65.9 Å². The monoisotopic (exact) mass is 355 g/mol. The van der Waals surface area contributed by atoms with Crippen molar-refractivity contribution in [1.29, 1.82) is 0 Å². The molecule has 0 saturated carbocycles. The second-order valence-electron chi connectivity index (χ2n) is 5.28. The largest absolute Gasteiger partial charge is 0.503 e. The molecule has 0 amide bonds. The van der Waals surface area contributed by atoms with Gasteiger partial charge < -0.3 is 14.6 Å². The third-order valence-corrected chi connectivity index (χ3v) is 4.68. The number of para-hydroxylation sites is 1. The van der Waals surface area contributed by atoms with E-state index in [1.807, 2.05) is 36.4 Å². The number of fused-ring (bicyclic) bond motifs is 1. The van der Waals surface area contributed by atoms with Crippen LogP contribution >= 0.6 is 11.8 Å². The van der Waals surface area contributed by atoms with E-state index in [-0.39, 0.29) is 12.2 Å². The molecule has 0 saturated heterocycles. The summed E-state index contributed by atoms with van der Waals surface area (Å²) in [7, 11) is 1.42. The first-order valence-electron chi connectivity index (χ1n) is 7.65. The number of carbonyl (C=O) groups is 1. The zero-order valence-electron chi connectivity index (χ0n) is 13.6. The van der Waals surface area contributed by atoms with Crippen LogP contribution < -0.4 is 0 Å². The molecule has 1 aliphatic rings. The number of methoxy groups -OCH3 is 1. The van der Waals surface area contributed by atoms with Gasteiger partial charge in [-0.3, -0.25) is 0 Å². The molecule has 2 aromatic rings. The van der Waals surface area contributed by atoms with E-state index in [0.29, 0.717) is 17.2 Å². The second kappa shape index (κ2) is 7.90. The molecule has 0 spiro atoms. The Morgan fingerprint density at radius 3 is 2.80 bits per heavy atom. The number of carboxylic acids is 1. The zero-order chi connectivity index (χ0) is 17.6. The van der Waals surface area contributed by atoms with E-state index in [2.05, 4.69) is 4.99 Å². The number of hydrogen-bond donors (Lipinski definition) is 1. The highest BCUT2D eigenvalue weighted by molar-refractivity contribution is 8.00. The molecule has 0 atom stereocenters. The van der Waals surface area contributed by atoms with Crippen molar-refractivity contribution in [2.24, 2.45) is 4.99 Å². The number of aliphatic imine (C=N–C) groups is 1. The highest BCUT2D eigenvalue weighted by Crippen LogP contribution is 2.33. The van der Waals surface area contributed by atoms with Gasteiger partial charge in [0.1, 0.15) is 12.2 Å². The zero-order valence-corrected chi connectivity index (χ0v) is 14.5. The maximum atomic E-state index is 11.5. The molecule has 5 nitrogen and oxygen atoms in total. The van der Waals surface area contributed by atoms with Gasteiger partial charge in [-0.05, 0) is 23.3 Å². The molecule has 2 aromatic carbocycles. The highest BCUT2D eigenvalue weighted by atomic mass is 32.2. The number of hydrogen-bond acceptors (Lipinski definition) is 5. The van der Waals surface area contributed by atoms with Crippen LogP contribution in [0.4, 0.5) is 5.69 Å². The Morgan fingerprint density at radius 2 is 2.00 bits per heavy atom. The average Bonchev–Trinajstić information content (AvgIpc) is 2.64. The summed E-state index contributed by atoms with van der Waals surface area (Å²) in [6.07, 6.45) is 1.23. The predicted molar refractivity (Wildman–Crippen MR) is 98.1 cm³/mol. The molecule has 0 aromatic heterocycles. The van der Waals surface area contributed by atoms with Gasteiger partial charge in [0.15, 0.2) is 5.90 Å². The molecule has 6 heteroatoms. The van der Waals surface area contributed by atoms with Gasteiger partial charge in [0.2, 0.25) is 0 Å². The fraction of sp³-hybridized carbons (Fsp3) is 0.158. The Kier molecular flexibility index (Phi) is 5.40. The van der Waals surface area contributed by atoms with Crippen molar-refractivity contribution in [3.8, 4) is 0 Å². The first-order chi connectivity index (χ1) is 12.2. The van der Waals surface area contributed by atoms with Crippen LogP contribution in [-0.2, 0) is 20.9 Å². The SMILES string of the molecule is CO/C=C(/C(=O)O)c1ccccc1COC1=Nc2ccccc2SC1. The van der Waals surface area contributed by atoms with E-state index in [1.165, 1.54) is 13.4 Å².